The molecule has 4 heteroatoms. The van der Waals surface area contributed by atoms with Crippen LogP contribution in [0.3, 0.4) is 0 Å². The number of carboxylic acids is 1. The minimum Gasteiger partial charge on any atom is -0.478 e. The summed E-state index contributed by atoms with van der Waals surface area (Å²) in [6, 6.07) is 7.31. The molecule has 0 unspecified atom stereocenters. The van der Waals surface area contributed by atoms with Crippen molar-refractivity contribution >= 4 is 11.7 Å². The standard InChI is InChI=1S/C15H17NO3/c1-10-8-13(4-5-14(10)15(17)18)16(3)9-12-6-7-19-11(12)2/h4-8H,9H2,1-3H3,(H,17,18). The van der Waals surface area contributed by atoms with E-state index in [1.807, 2.05) is 39.1 Å². The van der Waals surface area contributed by atoms with Crippen LogP contribution in [0.5, 0.6) is 0 Å². The average molecular weight is 259 g/mol. The third-order valence-corrected chi connectivity index (χ3v) is 3.25. The largest absolute Gasteiger partial charge is 0.478 e. The fourth-order valence-electron chi connectivity index (χ4n) is 2.05. The zero-order valence-corrected chi connectivity index (χ0v) is 11.3. The summed E-state index contributed by atoms with van der Waals surface area (Å²) in [4.78, 5) is 13.0. The Kier molecular flexibility index (Phi) is 3.60. The quantitative estimate of drug-likeness (QED) is 0.915. The van der Waals surface area contributed by atoms with Crippen molar-refractivity contribution in [2.45, 2.75) is 20.4 Å². The Balaban J connectivity index is 2.20. The Morgan fingerprint density at radius 2 is 2.05 bits per heavy atom. The molecule has 0 fully saturated rings. The second-order valence-corrected chi connectivity index (χ2v) is 4.66. The third-order valence-electron chi connectivity index (χ3n) is 3.25. The van der Waals surface area contributed by atoms with Crippen LogP contribution >= 0.6 is 0 Å². The number of aromatic carboxylic acids is 1. The van der Waals surface area contributed by atoms with Gasteiger partial charge in [0.15, 0.2) is 0 Å². The maximum atomic E-state index is 11.0. The number of hydrogen-bond donors (Lipinski definition) is 1. The summed E-state index contributed by atoms with van der Waals surface area (Å²) >= 11 is 0. The van der Waals surface area contributed by atoms with Crippen LogP contribution in [0.2, 0.25) is 0 Å². The van der Waals surface area contributed by atoms with E-state index in [0.29, 0.717) is 5.56 Å². The minimum absolute atomic E-state index is 0.344. The van der Waals surface area contributed by atoms with E-state index in [1.54, 1.807) is 12.3 Å². The summed E-state index contributed by atoms with van der Waals surface area (Å²) < 4.78 is 5.27. The molecule has 0 aliphatic carbocycles. The molecule has 0 aliphatic rings. The lowest BCUT2D eigenvalue weighted by Crippen LogP contribution is -2.17. The number of rotatable bonds is 4. The first kappa shape index (κ1) is 13.2. The number of furan rings is 1. The first-order valence-electron chi connectivity index (χ1n) is 6.07. The van der Waals surface area contributed by atoms with Crippen LogP contribution in [0.25, 0.3) is 0 Å². The number of nitrogens with zero attached hydrogens (tertiary/aromatic N) is 1. The maximum absolute atomic E-state index is 11.0. The zero-order valence-electron chi connectivity index (χ0n) is 11.3. The molecule has 19 heavy (non-hydrogen) atoms. The third kappa shape index (κ3) is 2.78. The summed E-state index contributed by atoms with van der Waals surface area (Å²) in [6.07, 6.45) is 1.68. The highest BCUT2D eigenvalue weighted by Gasteiger charge is 2.10. The second kappa shape index (κ2) is 5.18. The Labute approximate surface area is 112 Å². The lowest BCUT2D eigenvalue weighted by molar-refractivity contribution is 0.0696. The first-order chi connectivity index (χ1) is 8.99. The molecular weight excluding hydrogens is 242 g/mol. The van der Waals surface area contributed by atoms with E-state index in [4.69, 9.17) is 9.52 Å². The highest BCUT2D eigenvalue weighted by molar-refractivity contribution is 5.89. The molecule has 0 aliphatic heterocycles. The van der Waals surface area contributed by atoms with Crippen molar-refractivity contribution in [1.29, 1.82) is 0 Å². The number of aryl methyl sites for hydroxylation is 2. The van der Waals surface area contributed by atoms with Gasteiger partial charge >= 0.3 is 5.97 Å². The molecule has 0 amide bonds. The molecule has 1 N–H and O–H groups in total. The van der Waals surface area contributed by atoms with E-state index in [9.17, 15) is 4.79 Å². The summed E-state index contributed by atoms with van der Waals surface area (Å²) in [7, 11) is 1.97. The number of benzene rings is 1. The molecule has 1 aromatic carbocycles. The summed E-state index contributed by atoms with van der Waals surface area (Å²) in [5.41, 5.74) is 3.22. The monoisotopic (exact) mass is 259 g/mol. The lowest BCUT2D eigenvalue weighted by Gasteiger charge is -2.20. The van der Waals surface area contributed by atoms with E-state index < -0.39 is 5.97 Å². The van der Waals surface area contributed by atoms with Crippen LogP contribution in [-0.2, 0) is 6.54 Å². The van der Waals surface area contributed by atoms with E-state index in [1.165, 1.54) is 0 Å². The Hall–Kier alpha value is -2.23. The number of hydrogen-bond acceptors (Lipinski definition) is 3. The predicted octanol–water partition coefficient (Wildman–Crippen LogP) is 3.23. The molecule has 4 nitrogen and oxygen atoms in total. The molecule has 100 valence electrons. The van der Waals surface area contributed by atoms with Crippen LogP contribution in [0.4, 0.5) is 5.69 Å². The molecule has 0 saturated heterocycles. The molecule has 0 bridgehead atoms. The molecule has 2 aromatic rings. The van der Waals surface area contributed by atoms with Gasteiger partial charge < -0.3 is 14.4 Å². The second-order valence-electron chi connectivity index (χ2n) is 4.66. The van der Waals surface area contributed by atoms with Crippen molar-refractivity contribution in [3.8, 4) is 0 Å². The van der Waals surface area contributed by atoms with Gasteiger partial charge in [0.1, 0.15) is 5.76 Å². The molecule has 0 radical (unpaired) electrons. The van der Waals surface area contributed by atoms with E-state index >= 15 is 0 Å². The molecular formula is C15H17NO3. The average Bonchev–Trinajstić information content (AvgIpc) is 2.74. The molecule has 0 atom stereocenters. The molecule has 1 heterocycles. The predicted molar refractivity (Wildman–Crippen MR) is 73.7 cm³/mol. The molecule has 1 aromatic heterocycles. The highest BCUT2D eigenvalue weighted by atomic mass is 16.4. The van der Waals surface area contributed by atoms with Crippen LogP contribution in [-0.4, -0.2) is 18.1 Å². The number of carbonyl (C=O) groups is 1. The fraction of sp³-hybridized carbons (Fsp3) is 0.267. The van der Waals surface area contributed by atoms with Crippen molar-refractivity contribution in [1.82, 2.24) is 0 Å². The first-order valence-corrected chi connectivity index (χ1v) is 6.07. The normalized spacial score (nSPS) is 10.5. The molecule has 2 rings (SSSR count). The van der Waals surface area contributed by atoms with Gasteiger partial charge in [0, 0.05) is 24.8 Å². The Bertz CT molecular complexity index is 601. The zero-order chi connectivity index (χ0) is 14.0. The van der Waals surface area contributed by atoms with Gasteiger partial charge in [0.25, 0.3) is 0 Å². The van der Waals surface area contributed by atoms with Crippen LogP contribution in [0, 0.1) is 13.8 Å². The lowest BCUT2D eigenvalue weighted by atomic mass is 10.1. The van der Waals surface area contributed by atoms with Crippen molar-refractivity contribution in [2.24, 2.45) is 0 Å². The van der Waals surface area contributed by atoms with E-state index in [0.717, 1.165) is 29.1 Å². The summed E-state index contributed by atoms with van der Waals surface area (Å²) in [5.74, 6) is 0.0168. The van der Waals surface area contributed by atoms with E-state index in [2.05, 4.69) is 4.90 Å². The van der Waals surface area contributed by atoms with Crippen molar-refractivity contribution < 1.29 is 14.3 Å². The summed E-state index contributed by atoms with van der Waals surface area (Å²) in [5, 5.41) is 9.01. The number of anilines is 1. The molecule has 0 saturated carbocycles. The van der Waals surface area contributed by atoms with Crippen LogP contribution in [0.15, 0.2) is 34.9 Å². The van der Waals surface area contributed by atoms with Gasteiger partial charge in [-0.2, -0.15) is 0 Å². The minimum atomic E-state index is -0.891. The van der Waals surface area contributed by atoms with Crippen molar-refractivity contribution in [3.05, 3.63) is 53.0 Å². The van der Waals surface area contributed by atoms with Gasteiger partial charge in [-0.05, 0) is 43.7 Å². The SMILES string of the molecule is Cc1cc(N(C)Cc2ccoc2C)ccc1C(=O)O. The van der Waals surface area contributed by atoms with Gasteiger partial charge in [-0.3, -0.25) is 0 Å². The number of carboxylic acid groups (broad SMARTS) is 1. The van der Waals surface area contributed by atoms with Gasteiger partial charge in [0.05, 0.1) is 11.8 Å². The molecule has 0 spiro atoms. The Morgan fingerprint density at radius 3 is 2.58 bits per heavy atom. The fourth-order valence-corrected chi connectivity index (χ4v) is 2.05. The maximum Gasteiger partial charge on any atom is 0.335 e. The van der Waals surface area contributed by atoms with Gasteiger partial charge in [-0.25, -0.2) is 4.79 Å². The van der Waals surface area contributed by atoms with Crippen LogP contribution in [0.1, 0.15) is 27.2 Å². The van der Waals surface area contributed by atoms with Gasteiger partial charge in [-0.1, -0.05) is 0 Å². The van der Waals surface area contributed by atoms with Crippen molar-refractivity contribution in [2.75, 3.05) is 11.9 Å². The van der Waals surface area contributed by atoms with Gasteiger partial charge in [-0.15, -0.1) is 0 Å². The topological polar surface area (TPSA) is 53.7 Å². The van der Waals surface area contributed by atoms with Gasteiger partial charge in [0.2, 0.25) is 0 Å². The summed E-state index contributed by atoms with van der Waals surface area (Å²) in [6.45, 7) is 4.47. The van der Waals surface area contributed by atoms with Crippen molar-refractivity contribution in [3.63, 3.8) is 0 Å². The smallest absolute Gasteiger partial charge is 0.335 e. The highest BCUT2D eigenvalue weighted by Crippen LogP contribution is 2.21. The Morgan fingerprint density at radius 1 is 1.32 bits per heavy atom. The van der Waals surface area contributed by atoms with E-state index in [-0.39, 0.29) is 0 Å². The van der Waals surface area contributed by atoms with Crippen LogP contribution < -0.4 is 4.90 Å².